The van der Waals surface area contributed by atoms with Crippen molar-refractivity contribution in [3.05, 3.63) is 47.0 Å². The number of nitrogens with one attached hydrogen (secondary N) is 1. The van der Waals surface area contributed by atoms with Gasteiger partial charge in [0, 0.05) is 22.6 Å². The van der Waals surface area contributed by atoms with Gasteiger partial charge in [-0.25, -0.2) is 0 Å². The second-order valence-electron chi connectivity index (χ2n) is 7.27. The molecule has 4 rings (SSSR count). The minimum Gasteiger partial charge on any atom is -0.503 e. The van der Waals surface area contributed by atoms with Gasteiger partial charge in [-0.05, 0) is 31.5 Å². The highest BCUT2D eigenvalue weighted by atomic mass is 35.5. The quantitative estimate of drug-likeness (QED) is 0.301. The number of para-hydroxylation sites is 1. The molecule has 0 amide bonds. The van der Waals surface area contributed by atoms with Crippen molar-refractivity contribution in [2.75, 3.05) is 17.7 Å². The molecular formula is C23H25ClN4O3S. The zero-order valence-electron chi connectivity index (χ0n) is 18.0. The maximum Gasteiger partial charge on any atom is 0.247 e. The van der Waals surface area contributed by atoms with E-state index in [1.807, 2.05) is 31.2 Å². The van der Waals surface area contributed by atoms with E-state index in [-0.39, 0.29) is 10.8 Å². The summed E-state index contributed by atoms with van der Waals surface area (Å²) in [5, 5.41) is 23.1. The Balaban J connectivity index is 1.71. The van der Waals surface area contributed by atoms with Crippen LogP contribution in [-0.2, 0) is 0 Å². The van der Waals surface area contributed by atoms with Crippen molar-refractivity contribution in [2.24, 2.45) is 0 Å². The van der Waals surface area contributed by atoms with E-state index in [9.17, 15) is 5.11 Å². The van der Waals surface area contributed by atoms with Crippen LogP contribution in [0.25, 0.3) is 11.3 Å². The number of unbranched alkanes of at least 4 members (excludes halogenated alkanes) is 2. The van der Waals surface area contributed by atoms with E-state index in [2.05, 4.69) is 27.4 Å². The first-order valence-electron chi connectivity index (χ1n) is 10.7. The van der Waals surface area contributed by atoms with Gasteiger partial charge in [0.15, 0.2) is 23.4 Å². The van der Waals surface area contributed by atoms with Crippen LogP contribution in [-0.4, -0.2) is 32.6 Å². The highest BCUT2D eigenvalue weighted by Gasteiger charge is 2.27. The fourth-order valence-electron chi connectivity index (χ4n) is 3.39. The Morgan fingerprint density at radius 1 is 1.19 bits per heavy atom. The van der Waals surface area contributed by atoms with Gasteiger partial charge in [-0.2, -0.15) is 4.98 Å². The van der Waals surface area contributed by atoms with Crippen LogP contribution < -0.4 is 14.8 Å². The van der Waals surface area contributed by atoms with E-state index < -0.39 is 6.23 Å². The second-order valence-corrected chi connectivity index (χ2v) is 8.74. The number of phenolic OH excluding ortho intramolecular Hbond substituents is 1. The van der Waals surface area contributed by atoms with Crippen LogP contribution in [0.2, 0.25) is 5.02 Å². The lowest BCUT2D eigenvalue weighted by molar-refractivity contribution is 0.224. The number of benzene rings is 2. The first-order valence-corrected chi connectivity index (χ1v) is 12.0. The summed E-state index contributed by atoms with van der Waals surface area (Å²) < 4.78 is 11.8. The van der Waals surface area contributed by atoms with E-state index in [1.165, 1.54) is 6.42 Å². The minimum absolute atomic E-state index is 0.0959. The molecule has 168 valence electrons. The Labute approximate surface area is 196 Å². The summed E-state index contributed by atoms with van der Waals surface area (Å²) in [4.78, 5) is 4.66. The predicted octanol–water partition coefficient (Wildman–Crippen LogP) is 6.08. The molecule has 2 heterocycles. The van der Waals surface area contributed by atoms with E-state index in [0.29, 0.717) is 34.7 Å². The van der Waals surface area contributed by atoms with Gasteiger partial charge in [-0.15, -0.1) is 10.2 Å². The number of nitrogens with zero attached hydrogens (tertiary/aromatic N) is 3. The molecule has 0 saturated heterocycles. The summed E-state index contributed by atoms with van der Waals surface area (Å²) in [6.07, 6.45) is 2.81. The number of anilines is 1. The fourth-order valence-corrected chi connectivity index (χ4v) is 4.38. The number of ether oxygens (including phenoxy) is 2. The van der Waals surface area contributed by atoms with Crippen LogP contribution in [0.3, 0.4) is 0 Å². The average molecular weight is 473 g/mol. The maximum atomic E-state index is 10.2. The maximum absolute atomic E-state index is 10.2. The number of halogens is 1. The van der Waals surface area contributed by atoms with E-state index >= 15 is 0 Å². The first kappa shape index (κ1) is 22.5. The first-order chi connectivity index (χ1) is 15.6. The van der Waals surface area contributed by atoms with Crippen molar-refractivity contribution in [3.8, 4) is 28.6 Å². The Morgan fingerprint density at radius 3 is 2.84 bits per heavy atom. The standard InChI is InChI=1S/C23H25ClN4O3S/c1-3-5-8-11-32-23-26-22-19(27-28-23)15-9-6-7-10-17(15)25-21(31-22)14-12-16(24)20(29)18(13-14)30-4-2/h6-7,9-10,12-13,21,25,29H,3-5,8,11H2,1-2H3/t21-/m1/s1. The Morgan fingerprint density at radius 2 is 2.03 bits per heavy atom. The molecule has 3 aromatic rings. The molecule has 1 aliphatic rings. The smallest absolute Gasteiger partial charge is 0.247 e. The number of hydrogen-bond acceptors (Lipinski definition) is 8. The van der Waals surface area contributed by atoms with Gasteiger partial charge in [-0.1, -0.05) is 61.3 Å². The van der Waals surface area contributed by atoms with Crippen molar-refractivity contribution in [1.29, 1.82) is 0 Å². The molecule has 1 atom stereocenters. The second kappa shape index (κ2) is 10.3. The molecule has 0 fully saturated rings. The van der Waals surface area contributed by atoms with Crippen molar-refractivity contribution in [1.82, 2.24) is 15.2 Å². The van der Waals surface area contributed by atoms with Gasteiger partial charge < -0.3 is 19.9 Å². The molecule has 0 radical (unpaired) electrons. The molecule has 1 aromatic heterocycles. The van der Waals surface area contributed by atoms with Crippen LogP contribution in [0.4, 0.5) is 5.69 Å². The van der Waals surface area contributed by atoms with E-state index in [4.69, 9.17) is 21.1 Å². The monoisotopic (exact) mass is 472 g/mol. The zero-order chi connectivity index (χ0) is 22.5. The number of aromatic hydroxyl groups is 1. The number of hydrogen-bond donors (Lipinski definition) is 2. The summed E-state index contributed by atoms with van der Waals surface area (Å²) in [7, 11) is 0. The summed E-state index contributed by atoms with van der Waals surface area (Å²) in [6, 6.07) is 11.1. The van der Waals surface area contributed by atoms with Crippen LogP contribution in [0.15, 0.2) is 41.6 Å². The number of rotatable bonds is 8. The van der Waals surface area contributed by atoms with Crippen molar-refractivity contribution in [2.45, 2.75) is 44.5 Å². The molecular weight excluding hydrogens is 448 g/mol. The number of fused-ring (bicyclic) bond motifs is 3. The van der Waals surface area contributed by atoms with Gasteiger partial charge >= 0.3 is 0 Å². The summed E-state index contributed by atoms with van der Waals surface area (Å²) in [5.74, 6) is 1.52. The third-order valence-electron chi connectivity index (χ3n) is 4.97. The number of aromatic nitrogens is 3. The lowest BCUT2D eigenvalue weighted by Gasteiger charge is -2.21. The molecule has 0 saturated carbocycles. The van der Waals surface area contributed by atoms with Gasteiger partial charge in [0.05, 0.1) is 11.6 Å². The number of phenols is 1. The average Bonchev–Trinajstić information content (AvgIpc) is 2.96. The molecule has 0 spiro atoms. The zero-order valence-corrected chi connectivity index (χ0v) is 19.5. The predicted molar refractivity (Wildman–Crippen MR) is 127 cm³/mol. The van der Waals surface area contributed by atoms with Crippen LogP contribution in [0.5, 0.6) is 17.4 Å². The summed E-state index contributed by atoms with van der Waals surface area (Å²) >= 11 is 7.84. The van der Waals surface area contributed by atoms with Crippen LogP contribution in [0.1, 0.15) is 44.9 Å². The third-order valence-corrected chi connectivity index (χ3v) is 6.18. The van der Waals surface area contributed by atoms with Gasteiger partial charge in [0.25, 0.3) is 0 Å². The Hall–Kier alpha value is -2.71. The topological polar surface area (TPSA) is 89.4 Å². The summed E-state index contributed by atoms with van der Waals surface area (Å²) in [5.41, 5.74) is 2.94. The van der Waals surface area contributed by atoms with Crippen molar-refractivity contribution in [3.63, 3.8) is 0 Å². The van der Waals surface area contributed by atoms with Crippen molar-refractivity contribution >= 4 is 29.1 Å². The van der Waals surface area contributed by atoms with Crippen molar-refractivity contribution < 1.29 is 14.6 Å². The van der Waals surface area contributed by atoms with Crippen LogP contribution in [0, 0.1) is 0 Å². The molecule has 2 N–H and O–H groups in total. The Bertz CT molecular complexity index is 1100. The molecule has 32 heavy (non-hydrogen) atoms. The van der Waals surface area contributed by atoms with Gasteiger partial charge in [0.2, 0.25) is 11.0 Å². The molecule has 0 bridgehead atoms. The van der Waals surface area contributed by atoms with Crippen LogP contribution >= 0.6 is 23.4 Å². The van der Waals surface area contributed by atoms with E-state index in [0.717, 1.165) is 29.8 Å². The Kier molecular flexibility index (Phi) is 7.22. The highest BCUT2D eigenvalue weighted by Crippen LogP contribution is 2.42. The molecule has 7 nitrogen and oxygen atoms in total. The SMILES string of the molecule is CCCCCSc1nnc2c(n1)O[C@H](c1cc(Cl)c(O)c(OCC)c1)Nc1ccccc1-2. The summed E-state index contributed by atoms with van der Waals surface area (Å²) in [6.45, 7) is 4.42. The molecule has 0 aliphatic carbocycles. The minimum atomic E-state index is -0.621. The molecule has 0 unspecified atom stereocenters. The van der Waals surface area contributed by atoms with Gasteiger partial charge in [0.1, 0.15) is 0 Å². The number of thioether (sulfide) groups is 1. The van der Waals surface area contributed by atoms with E-state index in [1.54, 1.807) is 23.9 Å². The molecule has 1 aliphatic heterocycles. The third kappa shape index (κ3) is 4.86. The molecule has 2 aromatic carbocycles. The molecule has 9 heteroatoms. The normalized spacial score (nSPS) is 14.5. The lowest BCUT2D eigenvalue weighted by Crippen LogP contribution is -2.17. The lowest BCUT2D eigenvalue weighted by atomic mass is 10.1. The largest absolute Gasteiger partial charge is 0.503 e. The fraction of sp³-hybridized carbons (Fsp3) is 0.348. The highest BCUT2D eigenvalue weighted by molar-refractivity contribution is 7.99. The van der Waals surface area contributed by atoms with Gasteiger partial charge in [-0.3, -0.25) is 0 Å².